The van der Waals surface area contributed by atoms with Gasteiger partial charge < -0.3 is 10.1 Å². The summed E-state index contributed by atoms with van der Waals surface area (Å²) in [6.45, 7) is 4.13. The van der Waals surface area contributed by atoms with Crippen LogP contribution in [-0.2, 0) is 4.79 Å². The molecular formula is C19H17N3O4. The highest BCUT2D eigenvalue weighted by molar-refractivity contribution is 6.10. The number of nitro benzene ring substituents is 1. The normalized spacial score (nSPS) is 10.7. The topological polar surface area (TPSA) is 105 Å². The van der Waals surface area contributed by atoms with Gasteiger partial charge in [0, 0.05) is 12.1 Å². The minimum absolute atomic E-state index is 0.111. The molecule has 1 N–H and O–H groups in total. The Morgan fingerprint density at radius 1 is 1.31 bits per heavy atom. The van der Waals surface area contributed by atoms with Crippen molar-refractivity contribution in [1.29, 1.82) is 5.26 Å². The second-order valence-corrected chi connectivity index (χ2v) is 5.38. The number of nitro groups is 1. The van der Waals surface area contributed by atoms with Gasteiger partial charge in [-0.1, -0.05) is 18.2 Å². The standard InChI is InChI=1S/C19H17N3O4/c1-3-26-17-8-5-14(6-9-17)10-15(12-20)19(23)21-18-11-16(22(24)25)7-4-13(18)2/h4-11H,3H2,1-2H3,(H,21,23)/b15-10+. The minimum atomic E-state index is -0.634. The van der Waals surface area contributed by atoms with Crippen molar-refractivity contribution < 1.29 is 14.5 Å². The number of carbonyl (C=O) groups excluding carboxylic acids is 1. The van der Waals surface area contributed by atoms with Crippen molar-refractivity contribution >= 4 is 23.4 Å². The van der Waals surface area contributed by atoms with Gasteiger partial charge in [0.2, 0.25) is 0 Å². The first-order chi connectivity index (χ1) is 12.4. The fourth-order valence-electron chi connectivity index (χ4n) is 2.19. The van der Waals surface area contributed by atoms with Crippen molar-refractivity contribution in [2.24, 2.45) is 0 Å². The lowest BCUT2D eigenvalue weighted by atomic mass is 10.1. The molecule has 2 aromatic carbocycles. The van der Waals surface area contributed by atoms with E-state index in [0.717, 1.165) is 0 Å². The molecule has 7 nitrogen and oxygen atoms in total. The van der Waals surface area contributed by atoms with Crippen LogP contribution >= 0.6 is 0 Å². The van der Waals surface area contributed by atoms with Crippen LogP contribution in [0.4, 0.5) is 11.4 Å². The molecule has 2 rings (SSSR count). The molecule has 1 amide bonds. The van der Waals surface area contributed by atoms with E-state index >= 15 is 0 Å². The zero-order valence-corrected chi connectivity index (χ0v) is 14.4. The molecule has 0 saturated heterocycles. The molecule has 0 bridgehead atoms. The number of non-ortho nitro benzene ring substituents is 1. The largest absolute Gasteiger partial charge is 0.494 e. The second-order valence-electron chi connectivity index (χ2n) is 5.38. The van der Waals surface area contributed by atoms with Crippen LogP contribution in [0, 0.1) is 28.4 Å². The van der Waals surface area contributed by atoms with Crippen molar-refractivity contribution in [3.05, 3.63) is 69.3 Å². The quantitative estimate of drug-likeness (QED) is 0.368. The highest BCUT2D eigenvalue weighted by atomic mass is 16.6. The summed E-state index contributed by atoms with van der Waals surface area (Å²) in [7, 11) is 0. The van der Waals surface area contributed by atoms with E-state index in [1.54, 1.807) is 31.2 Å². The summed E-state index contributed by atoms with van der Waals surface area (Å²) >= 11 is 0. The molecule has 132 valence electrons. The number of aryl methyl sites for hydroxylation is 1. The predicted octanol–water partition coefficient (Wildman–Crippen LogP) is 3.85. The van der Waals surface area contributed by atoms with Gasteiger partial charge in [0.05, 0.1) is 17.2 Å². The van der Waals surface area contributed by atoms with Crippen LogP contribution in [0.2, 0.25) is 0 Å². The third-order valence-corrected chi connectivity index (χ3v) is 3.55. The first-order valence-electron chi connectivity index (χ1n) is 7.85. The van der Waals surface area contributed by atoms with Gasteiger partial charge in [-0.05, 0) is 43.2 Å². The van der Waals surface area contributed by atoms with Crippen LogP contribution in [-0.4, -0.2) is 17.4 Å². The zero-order valence-electron chi connectivity index (χ0n) is 14.4. The van der Waals surface area contributed by atoms with Crippen LogP contribution in [0.15, 0.2) is 48.0 Å². The Morgan fingerprint density at radius 3 is 2.58 bits per heavy atom. The summed E-state index contributed by atoms with van der Waals surface area (Å²) in [4.78, 5) is 22.7. The molecule has 0 heterocycles. The molecule has 0 fully saturated rings. The van der Waals surface area contributed by atoms with Crippen molar-refractivity contribution in [1.82, 2.24) is 0 Å². The lowest BCUT2D eigenvalue weighted by Crippen LogP contribution is -2.14. The molecule has 0 aliphatic rings. The van der Waals surface area contributed by atoms with Crippen molar-refractivity contribution in [2.45, 2.75) is 13.8 Å². The number of nitrogens with one attached hydrogen (secondary N) is 1. The van der Waals surface area contributed by atoms with Crippen LogP contribution in [0.3, 0.4) is 0 Å². The van der Waals surface area contributed by atoms with Gasteiger partial charge in [-0.3, -0.25) is 14.9 Å². The smallest absolute Gasteiger partial charge is 0.271 e. The molecule has 2 aromatic rings. The van der Waals surface area contributed by atoms with Crippen molar-refractivity contribution in [3.63, 3.8) is 0 Å². The summed E-state index contributed by atoms with van der Waals surface area (Å²) in [5.74, 6) is 0.0600. The van der Waals surface area contributed by atoms with Gasteiger partial charge in [-0.25, -0.2) is 0 Å². The molecule has 0 aromatic heterocycles. The van der Waals surface area contributed by atoms with E-state index in [-0.39, 0.29) is 16.9 Å². The van der Waals surface area contributed by atoms with Gasteiger partial charge in [0.1, 0.15) is 17.4 Å². The summed E-state index contributed by atoms with van der Waals surface area (Å²) in [6.07, 6.45) is 1.44. The first-order valence-corrected chi connectivity index (χ1v) is 7.85. The Balaban J connectivity index is 2.22. The number of hydrogen-bond donors (Lipinski definition) is 1. The number of nitrogens with zero attached hydrogens (tertiary/aromatic N) is 2. The Kier molecular flexibility index (Phi) is 6.06. The molecule has 0 aliphatic heterocycles. The summed E-state index contributed by atoms with van der Waals surface area (Å²) in [5.41, 5.74) is 1.36. The number of nitriles is 1. The highest BCUT2D eigenvalue weighted by Crippen LogP contribution is 2.22. The highest BCUT2D eigenvalue weighted by Gasteiger charge is 2.14. The van der Waals surface area contributed by atoms with E-state index in [2.05, 4.69) is 5.32 Å². The number of ether oxygens (including phenoxy) is 1. The number of hydrogen-bond acceptors (Lipinski definition) is 5. The molecule has 0 atom stereocenters. The number of carbonyl (C=O) groups is 1. The number of rotatable bonds is 6. The summed E-state index contributed by atoms with van der Waals surface area (Å²) < 4.78 is 5.34. The van der Waals surface area contributed by atoms with Gasteiger partial charge >= 0.3 is 0 Å². The van der Waals surface area contributed by atoms with Crippen LogP contribution in [0.5, 0.6) is 5.75 Å². The predicted molar refractivity (Wildman–Crippen MR) is 97.7 cm³/mol. The van der Waals surface area contributed by atoms with Gasteiger partial charge in [0.15, 0.2) is 0 Å². The van der Waals surface area contributed by atoms with Crippen LogP contribution < -0.4 is 10.1 Å². The first kappa shape index (κ1) is 18.7. The fourth-order valence-corrected chi connectivity index (χ4v) is 2.19. The Morgan fingerprint density at radius 2 is 2.00 bits per heavy atom. The van der Waals surface area contributed by atoms with E-state index in [1.165, 1.54) is 24.3 Å². The van der Waals surface area contributed by atoms with Crippen molar-refractivity contribution in [2.75, 3.05) is 11.9 Å². The molecule has 0 radical (unpaired) electrons. The van der Waals surface area contributed by atoms with Crippen LogP contribution in [0.1, 0.15) is 18.1 Å². The Labute approximate surface area is 150 Å². The second kappa shape index (κ2) is 8.44. The summed E-state index contributed by atoms with van der Waals surface area (Å²) in [6, 6.07) is 13.0. The Bertz CT molecular complexity index is 896. The average Bonchev–Trinajstić information content (AvgIpc) is 2.62. The molecule has 0 spiro atoms. The van der Waals surface area contributed by atoms with E-state index in [4.69, 9.17) is 4.74 Å². The lowest BCUT2D eigenvalue weighted by Gasteiger charge is -2.08. The van der Waals surface area contributed by atoms with Gasteiger partial charge in [-0.2, -0.15) is 5.26 Å². The Hall–Kier alpha value is -3.66. The summed E-state index contributed by atoms with van der Waals surface area (Å²) in [5, 5.41) is 22.7. The monoisotopic (exact) mass is 351 g/mol. The van der Waals surface area contributed by atoms with E-state index < -0.39 is 10.8 Å². The molecule has 0 saturated carbocycles. The van der Waals surface area contributed by atoms with Gasteiger partial charge in [-0.15, -0.1) is 0 Å². The third kappa shape index (κ3) is 4.68. The maximum absolute atomic E-state index is 12.4. The van der Waals surface area contributed by atoms with Crippen LogP contribution in [0.25, 0.3) is 6.08 Å². The maximum Gasteiger partial charge on any atom is 0.271 e. The van der Waals surface area contributed by atoms with E-state index in [1.807, 2.05) is 13.0 Å². The minimum Gasteiger partial charge on any atom is -0.494 e. The SMILES string of the molecule is CCOc1ccc(/C=C(\C#N)C(=O)Nc2cc([N+](=O)[O-])ccc2C)cc1. The maximum atomic E-state index is 12.4. The van der Waals surface area contributed by atoms with Crippen molar-refractivity contribution in [3.8, 4) is 11.8 Å². The molecular weight excluding hydrogens is 334 g/mol. The number of benzene rings is 2. The molecule has 0 aliphatic carbocycles. The van der Waals surface area contributed by atoms with Gasteiger partial charge in [0.25, 0.3) is 11.6 Å². The van der Waals surface area contributed by atoms with E-state index in [9.17, 15) is 20.2 Å². The molecule has 0 unspecified atom stereocenters. The average molecular weight is 351 g/mol. The fraction of sp³-hybridized carbons (Fsp3) is 0.158. The third-order valence-electron chi connectivity index (χ3n) is 3.55. The number of amides is 1. The zero-order chi connectivity index (χ0) is 19.1. The number of anilines is 1. The molecule has 26 heavy (non-hydrogen) atoms. The lowest BCUT2D eigenvalue weighted by molar-refractivity contribution is -0.384. The molecule has 7 heteroatoms. The van der Waals surface area contributed by atoms with E-state index in [0.29, 0.717) is 23.5 Å².